The van der Waals surface area contributed by atoms with Crippen LogP contribution in [-0.4, -0.2) is 6.61 Å². The van der Waals surface area contributed by atoms with Crippen molar-refractivity contribution in [1.82, 2.24) is 0 Å². The molecule has 0 saturated heterocycles. The predicted octanol–water partition coefficient (Wildman–Crippen LogP) is 3.80. The van der Waals surface area contributed by atoms with Gasteiger partial charge >= 0.3 is 0 Å². The molecule has 3 heteroatoms. The SMILES string of the molecule is CCOc1cccc(F)c1OCc1ccccc1. The fraction of sp³-hybridized carbons (Fsp3) is 0.200. The van der Waals surface area contributed by atoms with Crippen LogP contribution >= 0.6 is 0 Å². The molecule has 0 aliphatic heterocycles. The predicted molar refractivity (Wildman–Crippen MR) is 68.3 cm³/mol. The van der Waals surface area contributed by atoms with Crippen molar-refractivity contribution in [3.05, 3.63) is 59.9 Å². The summed E-state index contributed by atoms with van der Waals surface area (Å²) < 4.78 is 24.5. The summed E-state index contributed by atoms with van der Waals surface area (Å²) in [5, 5.41) is 0. The Balaban J connectivity index is 2.13. The van der Waals surface area contributed by atoms with Crippen LogP contribution in [0.2, 0.25) is 0 Å². The monoisotopic (exact) mass is 246 g/mol. The van der Waals surface area contributed by atoms with Gasteiger partial charge in [-0.1, -0.05) is 36.4 Å². The first kappa shape index (κ1) is 12.4. The molecule has 0 radical (unpaired) electrons. The van der Waals surface area contributed by atoms with Gasteiger partial charge < -0.3 is 9.47 Å². The van der Waals surface area contributed by atoms with Gasteiger partial charge in [-0.15, -0.1) is 0 Å². The average molecular weight is 246 g/mol. The van der Waals surface area contributed by atoms with E-state index in [4.69, 9.17) is 9.47 Å². The van der Waals surface area contributed by atoms with E-state index in [1.807, 2.05) is 37.3 Å². The normalized spacial score (nSPS) is 10.1. The molecule has 94 valence electrons. The molecule has 2 aromatic carbocycles. The molecular weight excluding hydrogens is 231 g/mol. The van der Waals surface area contributed by atoms with E-state index in [-0.39, 0.29) is 5.75 Å². The largest absolute Gasteiger partial charge is 0.490 e. The first-order valence-corrected chi connectivity index (χ1v) is 5.89. The van der Waals surface area contributed by atoms with Gasteiger partial charge in [-0.25, -0.2) is 4.39 Å². The summed E-state index contributed by atoms with van der Waals surface area (Å²) in [6.07, 6.45) is 0. The minimum absolute atomic E-state index is 0.170. The molecule has 0 bridgehead atoms. The van der Waals surface area contributed by atoms with E-state index in [2.05, 4.69) is 0 Å². The molecule has 0 atom stereocenters. The third-order valence-corrected chi connectivity index (χ3v) is 2.46. The van der Waals surface area contributed by atoms with Gasteiger partial charge in [-0.3, -0.25) is 0 Å². The first-order valence-electron chi connectivity index (χ1n) is 5.89. The van der Waals surface area contributed by atoms with E-state index in [1.54, 1.807) is 12.1 Å². The number of hydrogen-bond acceptors (Lipinski definition) is 2. The first-order chi connectivity index (χ1) is 8.81. The van der Waals surface area contributed by atoms with Crippen LogP contribution in [0.25, 0.3) is 0 Å². The smallest absolute Gasteiger partial charge is 0.197 e. The maximum absolute atomic E-state index is 13.7. The summed E-state index contributed by atoms with van der Waals surface area (Å²) in [6, 6.07) is 14.3. The molecule has 2 nitrogen and oxygen atoms in total. The van der Waals surface area contributed by atoms with Crippen LogP contribution in [0.4, 0.5) is 4.39 Å². The molecule has 0 spiro atoms. The van der Waals surface area contributed by atoms with Gasteiger partial charge in [0.1, 0.15) is 6.61 Å². The van der Waals surface area contributed by atoms with Crippen molar-refractivity contribution in [2.45, 2.75) is 13.5 Å². The lowest BCUT2D eigenvalue weighted by Crippen LogP contribution is -2.01. The summed E-state index contributed by atoms with van der Waals surface area (Å²) in [5.74, 6) is 0.202. The molecule has 0 aliphatic rings. The Bertz CT molecular complexity index is 497. The van der Waals surface area contributed by atoms with Crippen LogP contribution in [0.15, 0.2) is 48.5 Å². The van der Waals surface area contributed by atoms with Gasteiger partial charge in [0.15, 0.2) is 17.3 Å². The van der Waals surface area contributed by atoms with E-state index in [0.29, 0.717) is 19.0 Å². The van der Waals surface area contributed by atoms with Crippen LogP contribution in [0, 0.1) is 5.82 Å². The van der Waals surface area contributed by atoms with Gasteiger partial charge in [0.2, 0.25) is 0 Å². The maximum atomic E-state index is 13.7. The van der Waals surface area contributed by atoms with E-state index in [1.165, 1.54) is 6.07 Å². The van der Waals surface area contributed by atoms with Crippen LogP contribution in [0.1, 0.15) is 12.5 Å². The Kier molecular flexibility index (Phi) is 4.18. The minimum Gasteiger partial charge on any atom is -0.490 e. The summed E-state index contributed by atoms with van der Waals surface area (Å²) in [6.45, 7) is 2.65. The highest BCUT2D eigenvalue weighted by molar-refractivity contribution is 5.41. The van der Waals surface area contributed by atoms with Crippen LogP contribution in [0.3, 0.4) is 0 Å². The van der Waals surface area contributed by atoms with Gasteiger partial charge in [0.25, 0.3) is 0 Å². The summed E-state index contributed by atoms with van der Waals surface area (Å²) in [4.78, 5) is 0. The Hall–Kier alpha value is -2.03. The maximum Gasteiger partial charge on any atom is 0.197 e. The Labute approximate surface area is 106 Å². The Morgan fingerprint density at radius 3 is 2.44 bits per heavy atom. The van der Waals surface area contributed by atoms with Crippen molar-refractivity contribution in [3.8, 4) is 11.5 Å². The number of para-hydroxylation sites is 1. The van der Waals surface area contributed by atoms with E-state index >= 15 is 0 Å². The lowest BCUT2D eigenvalue weighted by Gasteiger charge is -2.12. The number of benzene rings is 2. The average Bonchev–Trinajstić information content (AvgIpc) is 2.40. The molecule has 0 saturated carbocycles. The van der Waals surface area contributed by atoms with E-state index < -0.39 is 5.82 Å². The molecule has 0 aliphatic carbocycles. The highest BCUT2D eigenvalue weighted by Gasteiger charge is 2.10. The second-order valence-corrected chi connectivity index (χ2v) is 3.77. The molecule has 0 unspecified atom stereocenters. The lowest BCUT2D eigenvalue weighted by molar-refractivity contribution is 0.257. The van der Waals surface area contributed by atoms with Gasteiger partial charge in [-0.05, 0) is 24.6 Å². The molecule has 0 aromatic heterocycles. The summed E-state index contributed by atoms with van der Waals surface area (Å²) >= 11 is 0. The second kappa shape index (κ2) is 6.05. The fourth-order valence-corrected chi connectivity index (χ4v) is 1.63. The van der Waals surface area contributed by atoms with Crippen molar-refractivity contribution in [1.29, 1.82) is 0 Å². The lowest BCUT2D eigenvalue weighted by atomic mass is 10.2. The standard InChI is InChI=1S/C15H15FO2/c1-2-17-14-10-6-9-13(16)15(14)18-11-12-7-4-3-5-8-12/h3-10H,2,11H2,1H3. The molecule has 0 heterocycles. The molecule has 2 rings (SSSR count). The fourth-order valence-electron chi connectivity index (χ4n) is 1.63. The van der Waals surface area contributed by atoms with Crippen LogP contribution < -0.4 is 9.47 Å². The highest BCUT2D eigenvalue weighted by atomic mass is 19.1. The number of rotatable bonds is 5. The zero-order valence-corrected chi connectivity index (χ0v) is 10.2. The van der Waals surface area contributed by atoms with Crippen molar-refractivity contribution >= 4 is 0 Å². The Morgan fingerprint density at radius 2 is 1.72 bits per heavy atom. The van der Waals surface area contributed by atoms with E-state index in [0.717, 1.165) is 5.56 Å². The molecule has 0 fully saturated rings. The zero-order chi connectivity index (χ0) is 12.8. The number of ether oxygens (including phenoxy) is 2. The molecule has 0 N–H and O–H groups in total. The second-order valence-electron chi connectivity index (χ2n) is 3.77. The van der Waals surface area contributed by atoms with Gasteiger partial charge in [-0.2, -0.15) is 0 Å². The Morgan fingerprint density at radius 1 is 0.944 bits per heavy atom. The molecular formula is C15H15FO2. The summed E-state index contributed by atoms with van der Waals surface area (Å²) in [7, 11) is 0. The van der Waals surface area contributed by atoms with E-state index in [9.17, 15) is 4.39 Å². The summed E-state index contributed by atoms with van der Waals surface area (Å²) in [5.41, 5.74) is 0.989. The number of halogens is 1. The number of hydrogen-bond donors (Lipinski definition) is 0. The van der Waals surface area contributed by atoms with Gasteiger partial charge in [0.05, 0.1) is 6.61 Å². The zero-order valence-electron chi connectivity index (χ0n) is 10.2. The minimum atomic E-state index is -0.406. The third-order valence-electron chi connectivity index (χ3n) is 2.46. The quantitative estimate of drug-likeness (QED) is 0.798. The van der Waals surface area contributed by atoms with Gasteiger partial charge in [0, 0.05) is 0 Å². The molecule has 18 heavy (non-hydrogen) atoms. The van der Waals surface area contributed by atoms with Crippen molar-refractivity contribution < 1.29 is 13.9 Å². The molecule has 0 amide bonds. The van der Waals surface area contributed by atoms with Crippen molar-refractivity contribution in [2.24, 2.45) is 0 Å². The highest BCUT2D eigenvalue weighted by Crippen LogP contribution is 2.30. The van der Waals surface area contributed by atoms with Crippen molar-refractivity contribution in [2.75, 3.05) is 6.61 Å². The molecule has 2 aromatic rings. The third kappa shape index (κ3) is 3.00. The topological polar surface area (TPSA) is 18.5 Å². The van der Waals surface area contributed by atoms with Crippen LogP contribution in [-0.2, 0) is 6.61 Å². The van der Waals surface area contributed by atoms with Crippen molar-refractivity contribution in [3.63, 3.8) is 0 Å². The van der Waals surface area contributed by atoms with Crippen LogP contribution in [0.5, 0.6) is 11.5 Å².